The number of aryl methyl sites for hydroxylation is 4. The topological polar surface area (TPSA) is 116 Å². The van der Waals surface area contributed by atoms with Gasteiger partial charge in [-0.05, 0) is 162 Å². The van der Waals surface area contributed by atoms with Crippen molar-refractivity contribution in [2.75, 3.05) is 14.2 Å². The van der Waals surface area contributed by atoms with Crippen LogP contribution in [-0.4, -0.2) is 62.4 Å². The Morgan fingerprint density at radius 2 is 0.578 bits per heavy atom. The maximum Gasteiger partial charge on any atom is 0.159 e. The lowest BCUT2D eigenvalue weighted by Gasteiger charge is -2.16. The maximum absolute atomic E-state index is 6.20. The van der Waals surface area contributed by atoms with Gasteiger partial charge in [0.05, 0.1) is 58.4 Å². The highest BCUT2D eigenvalue weighted by Gasteiger charge is 2.24. The van der Waals surface area contributed by atoms with E-state index in [9.17, 15) is 0 Å². The van der Waals surface area contributed by atoms with E-state index in [1.165, 1.54) is 11.1 Å². The first-order valence-electron chi connectivity index (χ1n) is 32.1. The van der Waals surface area contributed by atoms with E-state index in [1.54, 1.807) is 14.2 Å². The molecule has 0 spiro atoms. The lowest BCUT2D eigenvalue weighted by atomic mass is 9.96. The van der Waals surface area contributed by atoms with Crippen LogP contribution < -0.4 is 9.47 Å². The molecule has 13 aromatic rings. The predicted octanol–water partition coefficient (Wildman–Crippen LogP) is 19.4. The van der Waals surface area contributed by atoms with Crippen molar-refractivity contribution in [3.8, 4) is 102 Å². The van der Waals surface area contributed by atoms with Gasteiger partial charge in [0.2, 0.25) is 0 Å². The van der Waals surface area contributed by atoms with Crippen molar-refractivity contribution in [2.45, 2.75) is 107 Å². The van der Waals surface area contributed by atoms with Crippen LogP contribution in [0.4, 0.5) is 0 Å². The number of aromatic nitrogens is 10. The average Bonchev–Trinajstić information content (AvgIpc) is 1.68. The molecule has 12 nitrogen and oxygen atoms in total. The molecule has 0 fully saturated rings. The molecule has 6 aromatic heterocycles. The summed E-state index contributed by atoms with van der Waals surface area (Å²) < 4.78 is 21.8. The molecule has 0 aliphatic carbocycles. The largest absolute Gasteiger partial charge is 0.496 e. The lowest BCUT2D eigenvalue weighted by molar-refractivity contribution is 0.396. The third-order valence-corrected chi connectivity index (χ3v) is 17.5. The summed E-state index contributed by atoms with van der Waals surface area (Å²) in [5.41, 5.74) is 19.6. The van der Waals surface area contributed by atoms with Crippen molar-refractivity contribution in [1.29, 1.82) is 0 Å². The molecule has 0 aliphatic rings. The van der Waals surface area contributed by atoms with E-state index in [1.807, 2.05) is 6.07 Å². The molecule has 0 saturated heterocycles. The molecule has 0 N–H and O–H groups in total. The molecule has 90 heavy (non-hydrogen) atoms. The molecular weight excluding hydrogens is 1110 g/mol. The van der Waals surface area contributed by atoms with Gasteiger partial charge in [-0.2, -0.15) is 0 Å². The first-order valence-corrected chi connectivity index (χ1v) is 32.1. The Morgan fingerprint density at radius 1 is 0.289 bits per heavy atom. The number of methoxy groups -OCH3 is 2. The van der Waals surface area contributed by atoms with E-state index in [-0.39, 0.29) is 0 Å². The molecule has 0 saturated carbocycles. The van der Waals surface area contributed by atoms with Crippen molar-refractivity contribution >= 4 is 44.1 Å². The zero-order valence-electron chi connectivity index (χ0n) is 53.6. The Labute approximate surface area is 528 Å². The van der Waals surface area contributed by atoms with Crippen LogP contribution in [0.1, 0.15) is 81.1 Å². The zero-order chi connectivity index (χ0) is 62.2. The fourth-order valence-electron chi connectivity index (χ4n) is 12.4. The highest BCUT2D eigenvalue weighted by Crippen LogP contribution is 2.44. The fourth-order valence-corrected chi connectivity index (χ4v) is 12.4. The SMILES string of the molecule is COc1cc(OC)c(-c2ccc3c(c2)nc(-c2cccc(-c4nc5cc(-c6ccccc6)ccc5n4CCC(C)C)n2)n3CCC(C)C)cc1-c1ccc2c(c1)nc(-c1cccc(-c3nc4cc(-c5ccccc5)ccc4n3CCC(C)C)n1)n2CCC(C)C. The molecule has 0 amide bonds. The number of imidazole rings is 4. The molecule has 0 atom stereocenters. The van der Waals surface area contributed by atoms with Crippen LogP contribution in [0.5, 0.6) is 11.5 Å². The van der Waals surface area contributed by atoms with Crippen LogP contribution in [0.3, 0.4) is 0 Å². The van der Waals surface area contributed by atoms with Gasteiger partial charge in [-0.1, -0.05) is 152 Å². The van der Waals surface area contributed by atoms with Crippen LogP contribution in [0.2, 0.25) is 0 Å². The highest BCUT2D eigenvalue weighted by atomic mass is 16.5. The maximum atomic E-state index is 6.20. The first kappa shape index (κ1) is 59.3. The summed E-state index contributed by atoms with van der Waals surface area (Å²) in [6.07, 6.45) is 4.00. The number of hydrogen-bond donors (Lipinski definition) is 0. The standard InChI is InChI=1S/C78H80N10O2/c1-49(2)35-39-85-69-31-27-55(53-19-13-11-14-20-53)43-65(69)81-75(85)61-23-17-25-63(79-61)77-83-67-45-57(29-33-71(67)87(77)41-37-51(5)6)59-47-60(74(90-10)48-73(59)89-9)58-30-34-72-68(46-58)84-78(88(72)42-38-52(7)8)64-26-18-24-62(80-64)76-82-66-44-56(54-21-15-12-16-22-54)28-32-70(66)86(76)40-36-50(3)4/h11-34,43-52H,35-42H2,1-10H3. The number of rotatable bonds is 22. The van der Waals surface area contributed by atoms with Gasteiger partial charge >= 0.3 is 0 Å². The smallest absolute Gasteiger partial charge is 0.159 e. The second-order valence-corrected chi connectivity index (χ2v) is 25.7. The molecule has 12 heteroatoms. The summed E-state index contributed by atoms with van der Waals surface area (Å²) in [6, 6.07) is 64.2. The van der Waals surface area contributed by atoms with Crippen LogP contribution in [0, 0.1) is 23.7 Å². The van der Waals surface area contributed by atoms with Gasteiger partial charge in [-0.15, -0.1) is 0 Å². The van der Waals surface area contributed by atoms with E-state index >= 15 is 0 Å². The first-order chi connectivity index (χ1) is 43.8. The van der Waals surface area contributed by atoms with Gasteiger partial charge < -0.3 is 27.7 Å². The Kier molecular flexibility index (Phi) is 16.8. The minimum absolute atomic E-state index is 0.483. The van der Waals surface area contributed by atoms with E-state index in [0.29, 0.717) is 35.2 Å². The molecule has 13 rings (SSSR count). The van der Waals surface area contributed by atoms with E-state index in [4.69, 9.17) is 39.4 Å². The van der Waals surface area contributed by atoms with E-state index < -0.39 is 0 Å². The third kappa shape index (κ3) is 11.9. The summed E-state index contributed by atoms with van der Waals surface area (Å²) in [5, 5.41) is 0. The molecular formula is C78H80N10O2. The van der Waals surface area contributed by atoms with Gasteiger partial charge in [0.1, 0.15) is 34.3 Å². The number of ether oxygens (including phenoxy) is 2. The van der Waals surface area contributed by atoms with Crippen molar-refractivity contribution in [3.05, 3.63) is 182 Å². The molecule has 0 radical (unpaired) electrons. The summed E-state index contributed by atoms with van der Waals surface area (Å²) in [5.74, 6) is 6.77. The molecule has 0 bridgehead atoms. The average molecular weight is 1190 g/mol. The monoisotopic (exact) mass is 1190 g/mol. The van der Waals surface area contributed by atoms with Gasteiger partial charge in [0, 0.05) is 43.4 Å². The molecule has 0 aliphatic heterocycles. The fraction of sp³-hybridized carbons (Fsp3) is 0.282. The van der Waals surface area contributed by atoms with Crippen LogP contribution in [0.15, 0.2) is 182 Å². The predicted molar refractivity (Wildman–Crippen MR) is 370 cm³/mol. The number of benzene rings is 7. The summed E-state index contributed by atoms with van der Waals surface area (Å²) in [7, 11) is 3.44. The number of pyridine rings is 2. The molecule has 454 valence electrons. The summed E-state index contributed by atoms with van der Waals surface area (Å²) >= 11 is 0. The Bertz CT molecular complexity index is 4420. The minimum Gasteiger partial charge on any atom is -0.496 e. The van der Waals surface area contributed by atoms with Crippen molar-refractivity contribution in [2.24, 2.45) is 23.7 Å². The molecule has 7 aromatic carbocycles. The van der Waals surface area contributed by atoms with Crippen molar-refractivity contribution < 1.29 is 9.47 Å². The normalized spacial score (nSPS) is 12.0. The highest BCUT2D eigenvalue weighted by molar-refractivity contribution is 5.92. The van der Waals surface area contributed by atoms with Gasteiger partial charge in [-0.25, -0.2) is 29.9 Å². The summed E-state index contributed by atoms with van der Waals surface area (Å²) in [4.78, 5) is 32.5. The molecule has 0 unspecified atom stereocenters. The van der Waals surface area contributed by atoms with Gasteiger partial charge in [-0.3, -0.25) is 0 Å². The van der Waals surface area contributed by atoms with Gasteiger partial charge in [0.25, 0.3) is 0 Å². The second-order valence-electron chi connectivity index (χ2n) is 25.7. The third-order valence-electron chi connectivity index (χ3n) is 17.5. The second kappa shape index (κ2) is 25.4. The number of nitrogens with zero attached hydrogens (tertiary/aromatic N) is 10. The van der Waals surface area contributed by atoms with Crippen LogP contribution in [-0.2, 0) is 26.2 Å². The number of hydrogen-bond acceptors (Lipinski definition) is 8. The Balaban J connectivity index is 0.871. The van der Waals surface area contributed by atoms with Crippen LogP contribution >= 0.6 is 0 Å². The minimum atomic E-state index is 0.483. The quantitative estimate of drug-likeness (QED) is 0.0659. The van der Waals surface area contributed by atoms with Crippen LogP contribution in [0.25, 0.3) is 135 Å². The Morgan fingerprint density at radius 3 is 0.867 bits per heavy atom. The van der Waals surface area contributed by atoms with E-state index in [0.717, 1.165) is 175 Å². The van der Waals surface area contributed by atoms with Crippen molar-refractivity contribution in [3.63, 3.8) is 0 Å². The molecule has 6 heterocycles. The van der Waals surface area contributed by atoms with Crippen molar-refractivity contribution in [1.82, 2.24) is 48.2 Å². The Hall–Kier alpha value is -9.68. The van der Waals surface area contributed by atoms with Gasteiger partial charge in [0.15, 0.2) is 23.3 Å². The van der Waals surface area contributed by atoms with E-state index in [2.05, 4.69) is 250 Å². The lowest BCUT2D eigenvalue weighted by Crippen LogP contribution is -2.06. The number of fused-ring (bicyclic) bond motifs is 4. The summed E-state index contributed by atoms with van der Waals surface area (Å²) in [6.45, 7) is 21.4. The zero-order valence-corrected chi connectivity index (χ0v) is 53.6.